The van der Waals surface area contributed by atoms with Crippen LogP contribution in [-0.2, 0) is 44.3 Å². The summed E-state index contributed by atoms with van der Waals surface area (Å²) in [4.78, 5) is 0. The van der Waals surface area contributed by atoms with Crippen molar-refractivity contribution in [1.82, 2.24) is 0 Å². The summed E-state index contributed by atoms with van der Waals surface area (Å²) in [5.74, 6) is 0. The van der Waals surface area contributed by atoms with E-state index in [4.69, 9.17) is 11.8 Å². The van der Waals surface area contributed by atoms with Crippen LogP contribution in [0.15, 0.2) is 24.3 Å². The number of hydrogen-bond donors (Lipinski definition) is 0. The van der Waals surface area contributed by atoms with Gasteiger partial charge in [-0.1, -0.05) is 187 Å². The highest BCUT2D eigenvalue weighted by molar-refractivity contribution is 8.57. The molecule has 0 aliphatic rings. The average molecular weight is 685 g/mol. The fourth-order valence-corrected chi connectivity index (χ4v) is 20.3. The molecule has 0 spiro atoms. The summed E-state index contributed by atoms with van der Waals surface area (Å²) in [5, 5.41) is 3.26. The lowest BCUT2D eigenvalue weighted by Gasteiger charge is -2.44. The highest BCUT2D eigenvalue weighted by Crippen LogP contribution is 2.77. The van der Waals surface area contributed by atoms with Crippen molar-refractivity contribution in [2.75, 3.05) is 12.3 Å². The molecule has 0 nitrogen and oxygen atoms in total. The fraction of sp³-hybridized carbons (Fsp3) is 0.721. The van der Waals surface area contributed by atoms with E-state index in [0.717, 1.165) is 6.16 Å². The van der Waals surface area contributed by atoms with E-state index < -0.39 is 13.3 Å². The van der Waals surface area contributed by atoms with E-state index in [9.17, 15) is 0 Å². The minimum absolute atomic E-state index is 0.00407. The SMILES string of the molecule is CCCCP(=S)(c1c(C(C)(C)C)cc(C(C)(C)C)cc1C(C)(C)C)P(CCC)c1c(C(C)(C)C)cc(C(C)(C)C)cc1C(C)(C)C. The van der Waals surface area contributed by atoms with Gasteiger partial charge in [-0.05, 0) is 103 Å². The first-order valence-electron chi connectivity index (χ1n) is 18.2. The quantitative estimate of drug-likeness (QED) is 0.249. The molecule has 2 rings (SSSR count). The molecule has 0 heterocycles. The zero-order valence-electron chi connectivity index (χ0n) is 34.1. The van der Waals surface area contributed by atoms with Crippen LogP contribution in [0.5, 0.6) is 0 Å². The molecule has 0 amide bonds. The van der Waals surface area contributed by atoms with E-state index in [-0.39, 0.29) is 32.5 Å². The summed E-state index contributed by atoms with van der Waals surface area (Å²) in [6.45, 7) is 48.3. The van der Waals surface area contributed by atoms with Crippen molar-refractivity contribution in [1.29, 1.82) is 0 Å². The van der Waals surface area contributed by atoms with E-state index in [0.29, 0.717) is 0 Å². The largest absolute Gasteiger partial charge is 0.0874 e. The van der Waals surface area contributed by atoms with Gasteiger partial charge in [0, 0.05) is 5.73 Å². The van der Waals surface area contributed by atoms with Crippen LogP contribution in [0, 0.1) is 0 Å². The fourth-order valence-electron chi connectivity index (χ4n) is 6.45. The van der Waals surface area contributed by atoms with Crippen molar-refractivity contribution in [3.05, 3.63) is 57.6 Å². The number of hydrogen-bond acceptors (Lipinski definition) is 1. The van der Waals surface area contributed by atoms with Crippen molar-refractivity contribution in [2.24, 2.45) is 0 Å². The van der Waals surface area contributed by atoms with Crippen LogP contribution in [-0.4, -0.2) is 12.3 Å². The Bertz CT molecular complexity index is 1330. The standard InChI is InChI=1S/C43H74P2S/c1-21-23-25-45(46,37-34(42(15,16)17)28-31(39(6,7)8)29-35(37)43(18,19)20)44(24-22-2)36-32(40(9,10)11)26-30(38(3,4)5)27-33(36)41(12,13)14/h26-29H,21-25H2,1-20H3. The minimum Gasteiger partial charge on any atom is -0.0874 e. The Labute approximate surface area is 294 Å². The summed E-state index contributed by atoms with van der Waals surface area (Å²) in [5.41, 5.74) is 7.11. The molecule has 0 aliphatic heterocycles. The Morgan fingerprint density at radius 3 is 1.09 bits per heavy atom. The molecular weight excluding hydrogens is 610 g/mol. The Kier molecular flexibility index (Phi) is 12.7. The van der Waals surface area contributed by atoms with E-state index in [1.807, 2.05) is 0 Å². The Morgan fingerprint density at radius 2 is 0.826 bits per heavy atom. The Morgan fingerprint density at radius 1 is 0.500 bits per heavy atom. The lowest BCUT2D eigenvalue weighted by atomic mass is 9.75. The van der Waals surface area contributed by atoms with Gasteiger partial charge in [-0.2, -0.15) is 0 Å². The molecule has 2 unspecified atom stereocenters. The molecular formula is C43H74P2S. The Hall–Kier alpha value is -0.480. The molecule has 0 saturated carbocycles. The van der Waals surface area contributed by atoms with Crippen LogP contribution >= 0.6 is 13.3 Å². The van der Waals surface area contributed by atoms with Gasteiger partial charge in [-0.15, -0.1) is 0 Å². The molecule has 2 aromatic rings. The van der Waals surface area contributed by atoms with Gasteiger partial charge in [0.25, 0.3) is 0 Å². The molecule has 0 radical (unpaired) electrons. The summed E-state index contributed by atoms with van der Waals surface area (Å²) in [7, 11) is -0.646. The van der Waals surface area contributed by atoms with Gasteiger partial charge in [0.05, 0.1) is 0 Å². The predicted molar refractivity (Wildman–Crippen MR) is 220 cm³/mol. The van der Waals surface area contributed by atoms with Crippen LogP contribution in [0.1, 0.15) is 191 Å². The van der Waals surface area contributed by atoms with Gasteiger partial charge >= 0.3 is 0 Å². The first-order chi connectivity index (χ1) is 20.4. The van der Waals surface area contributed by atoms with Crippen molar-refractivity contribution >= 4 is 35.8 Å². The highest BCUT2D eigenvalue weighted by Gasteiger charge is 2.43. The maximum Gasteiger partial charge on any atom is 0.00943 e. The van der Waals surface area contributed by atoms with Gasteiger partial charge in [0.2, 0.25) is 0 Å². The summed E-state index contributed by atoms with van der Waals surface area (Å²) in [6.07, 6.45) is 5.90. The third kappa shape index (κ3) is 9.39. The molecule has 0 fully saturated rings. The second-order valence-corrected chi connectivity index (χ2v) is 30.4. The second kappa shape index (κ2) is 14.0. The van der Waals surface area contributed by atoms with E-state index >= 15 is 0 Å². The van der Waals surface area contributed by atoms with Crippen LogP contribution < -0.4 is 10.6 Å². The molecule has 262 valence electrons. The van der Waals surface area contributed by atoms with Gasteiger partial charge in [0.1, 0.15) is 0 Å². The second-order valence-electron chi connectivity index (χ2n) is 20.2. The number of rotatable bonds is 8. The van der Waals surface area contributed by atoms with Crippen molar-refractivity contribution in [2.45, 2.75) is 190 Å². The zero-order chi connectivity index (χ0) is 36.1. The normalized spacial score (nSPS) is 16.0. The number of benzene rings is 2. The average Bonchev–Trinajstić information content (AvgIpc) is 2.85. The molecule has 2 atom stereocenters. The summed E-state index contributed by atoms with van der Waals surface area (Å²) in [6, 6.07) is 10.4. The van der Waals surface area contributed by atoms with E-state index in [1.165, 1.54) is 47.7 Å². The van der Waals surface area contributed by atoms with E-state index in [1.54, 1.807) is 21.7 Å². The molecule has 3 heteroatoms. The third-order valence-electron chi connectivity index (χ3n) is 9.43. The lowest BCUT2D eigenvalue weighted by Crippen LogP contribution is -2.36. The number of unbranched alkanes of at least 4 members (excludes halogenated alkanes) is 1. The summed E-state index contributed by atoms with van der Waals surface area (Å²) < 4.78 is 0. The molecule has 0 aliphatic carbocycles. The molecule has 0 bridgehead atoms. The van der Waals surface area contributed by atoms with Crippen LogP contribution in [0.3, 0.4) is 0 Å². The van der Waals surface area contributed by atoms with Crippen molar-refractivity contribution in [3.8, 4) is 0 Å². The maximum atomic E-state index is 7.56. The lowest BCUT2D eigenvalue weighted by molar-refractivity contribution is 0.552. The summed E-state index contributed by atoms with van der Waals surface area (Å²) >= 11 is 7.56. The maximum absolute atomic E-state index is 7.56. The van der Waals surface area contributed by atoms with E-state index in [2.05, 4.69) is 163 Å². The van der Waals surface area contributed by atoms with Crippen LogP contribution in [0.4, 0.5) is 0 Å². The first-order valence-corrected chi connectivity index (χ1v) is 23.4. The Balaban J connectivity index is 3.43. The van der Waals surface area contributed by atoms with Crippen LogP contribution in [0.2, 0.25) is 0 Å². The molecule has 2 aromatic carbocycles. The molecule has 0 aromatic heterocycles. The minimum atomic E-state index is -2.13. The predicted octanol–water partition coefficient (Wildman–Crippen LogP) is 13.5. The highest BCUT2D eigenvalue weighted by atomic mass is 32.6. The topological polar surface area (TPSA) is 0 Å². The van der Waals surface area contributed by atoms with Crippen molar-refractivity contribution in [3.63, 3.8) is 0 Å². The molecule has 0 N–H and O–H groups in total. The van der Waals surface area contributed by atoms with Gasteiger partial charge in [-0.3, -0.25) is 0 Å². The van der Waals surface area contributed by atoms with Gasteiger partial charge in [0.15, 0.2) is 0 Å². The van der Waals surface area contributed by atoms with Gasteiger partial charge < -0.3 is 0 Å². The smallest absolute Gasteiger partial charge is 0.00943 e. The van der Waals surface area contributed by atoms with Gasteiger partial charge in [-0.25, -0.2) is 0 Å². The first kappa shape index (κ1) is 41.7. The van der Waals surface area contributed by atoms with Crippen LogP contribution in [0.25, 0.3) is 0 Å². The van der Waals surface area contributed by atoms with Crippen molar-refractivity contribution < 1.29 is 0 Å². The monoisotopic (exact) mass is 684 g/mol. The zero-order valence-corrected chi connectivity index (χ0v) is 36.8. The molecule has 0 saturated heterocycles. The third-order valence-corrected chi connectivity index (χ3v) is 21.8. The molecule has 46 heavy (non-hydrogen) atoms.